The Morgan fingerprint density at radius 3 is 2.54 bits per heavy atom. The molecule has 6 nitrogen and oxygen atoms in total. The predicted molar refractivity (Wildman–Crippen MR) is 149 cm³/mol. The summed E-state index contributed by atoms with van der Waals surface area (Å²) < 4.78 is 6.74. The average Bonchev–Trinajstić information content (AvgIpc) is 3.41. The number of carbonyl (C=O) groups is 1. The summed E-state index contributed by atoms with van der Waals surface area (Å²) in [5.41, 5.74) is 2.72. The van der Waals surface area contributed by atoms with Gasteiger partial charge in [0.15, 0.2) is 5.17 Å². The molecule has 1 fully saturated rings. The molecule has 2 heterocycles. The number of nitrogens with zero attached hydrogens (tertiary/aromatic N) is 3. The maximum absolute atomic E-state index is 13.2. The lowest BCUT2D eigenvalue weighted by Gasteiger charge is -2.18. The van der Waals surface area contributed by atoms with Crippen LogP contribution < -0.4 is 0 Å². The van der Waals surface area contributed by atoms with Gasteiger partial charge in [-0.2, -0.15) is 5.10 Å². The van der Waals surface area contributed by atoms with E-state index in [1.54, 1.807) is 42.8 Å². The molecule has 0 bridgehead atoms. The van der Waals surface area contributed by atoms with E-state index in [9.17, 15) is 9.90 Å². The molecular formula is C26H23Br2N3O3S. The Kier molecular flexibility index (Phi) is 7.68. The van der Waals surface area contributed by atoms with Crippen LogP contribution in [0.15, 0.2) is 83.3 Å². The van der Waals surface area contributed by atoms with Gasteiger partial charge in [-0.05, 0) is 74.6 Å². The Balaban J connectivity index is 1.63. The summed E-state index contributed by atoms with van der Waals surface area (Å²) >= 11 is 7.94. The van der Waals surface area contributed by atoms with Crippen LogP contribution in [0.25, 0.3) is 6.08 Å². The van der Waals surface area contributed by atoms with Crippen LogP contribution >= 0.6 is 43.6 Å². The standard InChI is InChI=1S/C26H23Br2N3O3S/c1-26(2,3)18-8-6-16(7-9-18)14-29-30-25-31(15-20-5-4-10-34-20)24(33)22(35-25)12-17-11-19(27)13-21(28)23(17)32/h4-14,32H,15H2,1-3H3/b22-12-,29-14+,30-25-. The van der Waals surface area contributed by atoms with Crippen molar-refractivity contribution in [2.75, 3.05) is 0 Å². The Morgan fingerprint density at radius 1 is 1.14 bits per heavy atom. The molecule has 1 aromatic heterocycles. The summed E-state index contributed by atoms with van der Waals surface area (Å²) in [7, 11) is 0. The number of phenolic OH excluding ortho intramolecular Hbond substituents is 1. The molecule has 1 aliphatic rings. The zero-order valence-electron chi connectivity index (χ0n) is 19.3. The van der Waals surface area contributed by atoms with Crippen molar-refractivity contribution in [2.24, 2.45) is 10.2 Å². The number of aromatic hydroxyl groups is 1. The van der Waals surface area contributed by atoms with Crippen molar-refractivity contribution in [3.8, 4) is 5.75 Å². The fraction of sp³-hybridized carbons (Fsp3) is 0.192. The zero-order chi connectivity index (χ0) is 25.2. The van der Waals surface area contributed by atoms with Crippen molar-refractivity contribution >= 4 is 67.0 Å². The number of phenols is 1. The molecule has 0 unspecified atom stereocenters. The number of carbonyl (C=O) groups excluding carboxylic acids is 1. The molecule has 0 aliphatic carbocycles. The second-order valence-corrected chi connectivity index (χ2v) is 11.7. The molecule has 180 valence electrons. The number of furan rings is 1. The lowest BCUT2D eigenvalue weighted by Crippen LogP contribution is -2.28. The molecule has 2 aromatic carbocycles. The van der Waals surface area contributed by atoms with Crippen LogP contribution in [0.4, 0.5) is 0 Å². The smallest absolute Gasteiger partial charge is 0.267 e. The summed E-state index contributed by atoms with van der Waals surface area (Å²) in [4.78, 5) is 15.2. The summed E-state index contributed by atoms with van der Waals surface area (Å²) in [5.74, 6) is 0.432. The van der Waals surface area contributed by atoms with Crippen LogP contribution in [0.3, 0.4) is 0 Å². The van der Waals surface area contributed by atoms with E-state index in [1.165, 1.54) is 22.2 Å². The number of amidine groups is 1. The van der Waals surface area contributed by atoms with Crippen molar-refractivity contribution in [3.05, 3.63) is 91.1 Å². The minimum absolute atomic E-state index is 0.0498. The van der Waals surface area contributed by atoms with Crippen molar-refractivity contribution in [3.63, 3.8) is 0 Å². The van der Waals surface area contributed by atoms with Crippen LogP contribution in [0.1, 0.15) is 43.2 Å². The minimum atomic E-state index is -0.245. The molecule has 3 aromatic rings. The van der Waals surface area contributed by atoms with Crippen molar-refractivity contribution < 1.29 is 14.3 Å². The maximum Gasteiger partial charge on any atom is 0.267 e. The first-order valence-corrected chi connectivity index (χ1v) is 13.2. The van der Waals surface area contributed by atoms with Crippen LogP contribution in [0, 0.1) is 0 Å². The van der Waals surface area contributed by atoms with Gasteiger partial charge in [0, 0.05) is 10.0 Å². The van der Waals surface area contributed by atoms with E-state index in [1.807, 2.05) is 12.1 Å². The number of benzene rings is 2. The highest BCUT2D eigenvalue weighted by Crippen LogP contribution is 2.38. The number of thioether (sulfide) groups is 1. The Labute approximate surface area is 225 Å². The van der Waals surface area contributed by atoms with Crippen LogP contribution in [-0.4, -0.2) is 27.3 Å². The van der Waals surface area contributed by atoms with Crippen molar-refractivity contribution in [2.45, 2.75) is 32.7 Å². The highest BCUT2D eigenvalue weighted by molar-refractivity contribution is 9.11. The Morgan fingerprint density at radius 2 is 1.89 bits per heavy atom. The number of hydrogen-bond acceptors (Lipinski definition) is 6. The topological polar surface area (TPSA) is 78.4 Å². The van der Waals surface area contributed by atoms with Gasteiger partial charge in [0.25, 0.3) is 5.91 Å². The molecule has 35 heavy (non-hydrogen) atoms. The molecule has 9 heteroatoms. The highest BCUT2D eigenvalue weighted by Gasteiger charge is 2.34. The molecule has 1 amide bonds. The van der Waals surface area contributed by atoms with Crippen LogP contribution in [0.5, 0.6) is 5.75 Å². The SMILES string of the molecule is CC(C)(C)c1ccc(/C=N/N=C2\S/C(=C\c3cc(Br)cc(Br)c3O)C(=O)N2Cc2ccco2)cc1. The van der Waals surface area contributed by atoms with Gasteiger partial charge in [-0.25, -0.2) is 0 Å². The number of rotatable bonds is 5. The molecule has 0 spiro atoms. The number of amides is 1. The largest absolute Gasteiger partial charge is 0.506 e. The molecule has 1 saturated heterocycles. The van der Waals surface area contributed by atoms with Crippen LogP contribution in [0.2, 0.25) is 0 Å². The third-order valence-electron chi connectivity index (χ3n) is 5.25. The van der Waals surface area contributed by atoms with Crippen molar-refractivity contribution in [1.29, 1.82) is 0 Å². The van der Waals surface area contributed by atoms with Gasteiger partial charge in [-0.1, -0.05) is 61.0 Å². The van der Waals surface area contributed by atoms with Gasteiger partial charge in [0.1, 0.15) is 11.5 Å². The van der Waals surface area contributed by atoms with E-state index in [2.05, 4.69) is 75.0 Å². The number of halogens is 2. The lowest BCUT2D eigenvalue weighted by atomic mass is 9.87. The lowest BCUT2D eigenvalue weighted by molar-refractivity contribution is -0.122. The molecule has 0 saturated carbocycles. The van der Waals surface area contributed by atoms with E-state index in [4.69, 9.17) is 4.42 Å². The molecule has 0 atom stereocenters. The predicted octanol–water partition coefficient (Wildman–Crippen LogP) is 7.31. The van der Waals surface area contributed by atoms with E-state index < -0.39 is 0 Å². The summed E-state index contributed by atoms with van der Waals surface area (Å²) in [5, 5.41) is 19.4. The first-order valence-electron chi connectivity index (χ1n) is 10.8. The fourth-order valence-electron chi connectivity index (χ4n) is 3.33. The van der Waals surface area contributed by atoms with E-state index in [-0.39, 0.29) is 23.6 Å². The Hall–Kier alpha value is -2.62. The van der Waals surface area contributed by atoms with Gasteiger partial charge >= 0.3 is 0 Å². The Bertz CT molecular complexity index is 1330. The summed E-state index contributed by atoms with van der Waals surface area (Å²) in [6.07, 6.45) is 4.87. The van der Waals surface area contributed by atoms with Gasteiger partial charge in [-0.3, -0.25) is 9.69 Å². The maximum atomic E-state index is 13.2. The number of hydrogen-bond donors (Lipinski definition) is 1. The average molecular weight is 617 g/mol. The van der Waals surface area contributed by atoms with Gasteiger partial charge in [0.05, 0.1) is 28.4 Å². The summed E-state index contributed by atoms with van der Waals surface area (Å²) in [6, 6.07) is 15.2. The quantitative estimate of drug-likeness (QED) is 0.185. The second kappa shape index (κ2) is 10.6. The first kappa shape index (κ1) is 25.5. The first-order chi connectivity index (χ1) is 16.6. The monoisotopic (exact) mass is 615 g/mol. The van der Waals surface area contributed by atoms with Gasteiger partial charge in [-0.15, -0.1) is 5.10 Å². The third-order valence-corrected chi connectivity index (χ3v) is 7.31. The molecule has 1 N–H and O–H groups in total. The van der Waals surface area contributed by atoms with Gasteiger partial charge in [0.2, 0.25) is 0 Å². The summed E-state index contributed by atoms with van der Waals surface area (Å²) in [6.45, 7) is 6.73. The highest BCUT2D eigenvalue weighted by atomic mass is 79.9. The van der Waals surface area contributed by atoms with Crippen molar-refractivity contribution in [1.82, 2.24) is 4.90 Å². The fourth-order valence-corrected chi connectivity index (χ4v) is 5.52. The second-order valence-electron chi connectivity index (χ2n) is 8.91. The molecule has 1 aliphatic heterocycles. The zero-order valence-corrected chi connectivity index (χ0v) is 23.3. The third kappa shape index (κ3) is 6.15. The van der Waals surface area contributed by atoms with E-state index in [0.717, 1.165) is 10.0 Å². The van der Waals surface area contributed by atoms with E-state index >= 15 is 0 Å². The molecule has 0 radical (unpaired) electrons. The van der Waals surface area contributed by atoms with Crippen LogP contribution in [-0.2, 0) is 16.8 Å². The minimum Gasteiger partial charge on any atom is -0.506 e. The van der Waals surface area contributed by atoms with E-state index in [0.29, 0.717) is 25.9 Å². The molecular weight excluding hydrogens is 594 g/mol. The van der Waals surface area contributed by atoms with Gasteiger partial charge < -0.3 is 9.52 Å². The molecule has 4 rings (SSSR count). The normalized spacial score (nSPS) is 16.8.